The summed E-state index contributed by atoms with van der Waals surface area (Å²) in [6.45, 7) is 6.73. The lowest BCUT2D eigenvalue weighted by molar-refractivity contribution is -0.122. The van der Waals surface area contributed by atoms with E-state index >= 15 is 0 Å². The molecule has 3 rings (SSSR count). The van der Waals surface area contributed by atoms with Crippen LogP contribution in [0.5, 0.6) is 0 Å². The van der Waals surface area contributed by atoms with Crippen LogP contribution in [0.1, 0.15) is 25.7 Å². The molecule has 0 bridgehead atoms. The fraction of sp³-hybridized carbons (Fsp3) is 0.667. The van der Waals surface area contributed by atoms with Gasteiger partial charge in [0.1, 0.15) is 0 Å². The van der Waals surface area contributed by atoms with Gasteiger partial charge in [-0.3, -0.25) is 9.69 Å². The molecule has 0 aliphatic carbocycles. The molecule has 2 fully saturated rings. The van der Waals surface area contributed by atoms with Crippen LogP contribution in [0.15, 0.2) is 30.3 Å². The van der Waals surface area contributed by atoms with Crippen LogP contribution in [-0.4, -0.2) is 63.7 Å². The van der Waals surface area contributed by atoms with E-state index < -0.39 is 0 Å². The van der Waals surface area contributed by atoms with Crippen molar-refractivity contribution in [3.63, 3.8) is 0 Å². The molecule has 160 valence electrons. The molecule has 1 amide bonds. The number of amides is 1. The standard InChI is InChI=1S/C21H34N4O.2ClH/c1-22-11-7-18-8-12-24(13-9-18)17-21(26)23-15-19-10-14-25(16-19)20-5-3-2-4-6-20;;/h2-6,18-19,22H,7-17H2,1H3,(H,23,26);2*1H. The van der Waals surface area contributed by atoms with E-state index in [0.29, 0.717) is 12.5 Å². The molecular formula is C21H36Cl2N4O. The average molecular weight is 431 g/mol. The van der Waals surface area contributed by atoms with Gasteiger partial charge in [-0.05, 0) is 76.3 Å². The molecule has 0 aromatic heterocycles. The second-order valence-electron chi connectivity index (χ2n) is 7.85. The molecule has 1 unspecified atom stereocenters. The predicted molar refractivity (Wildman–Crippen MR) is 122 cm³/mol. The maximum absolute atomic E-state index is 12.3. The molecule has 0 radical (unpaired) electrons. The second kappa shape index (κ2) is 13.3. The van der Waals surface area contributed by atoms with Crippen molar-refractivity contribution in [1.82, 2.24) is 15.5 Å². The van der Waals surface area contributed by atoms with Crippen molar-refractivity contribution < 1.29 is 4.79 Å². The van der Waals surface area contributed by atoms with Crippen molar-refractivity contribution in [1.29, 1.82) is 0 Å². The third kappa shape index (κ3) is 7.78. The minimum Gasteiger partial charge on any atom is -0.371 e. The summed E-state index contributed by atoms with van der Waals surface area (Å²) in [7, 11) is 2.02. The Balaban J connectivity index is 0.00000196. The molecule has 7 heteroatoms. The van der Waals surface area contributed by atoms with Crippen LogP contribution >= 0.6 is 24.8 Å². The molecule has 1 aromatic rings. The van der Waals surface area contributed by atoms with Gasteiger partial charge in [0.05, 0.1) is 6.54 Å². The highest BCUT2D eigenvalue weighted by atomic mass is 35.5. The van der Waals surface area contributed by atoms with Crippen LogP contribution in [0, 0.1) is 11.8 Å². The van der Waals surface area contributed by atoms with Gasteiger partial charge in [-0.2, -0.15) is 0 Å². The topological polar surface area (TPSA) is 47.6 Å². The van der Waals surface area contributed by atoms with Crippen molar-refractivity contribution in [2.24, 2.45) is 11.8 Å². The molecule has 2 N–H and O–H groups in total. The largest absolute Gasteiger partial charge is 0.371 e. The number of benzene rings is 1. The number of anilines is 1. The number of halogens is 2. The molecule has 2 aliphatic rings. The number of nitrogens with one attached hydrogen (secondary N) is 2. The fourth-order valence-corrected chi connectivity index (χ4v) is 4.17. The van der Waals surface area contributed by atoms with Gasteiger partial charge < -0.3 is 15.5 Å². The zero-order chi connectivity index (χ0) is 18.2. The van der Waals surface area contributed by atoms with Crippen molar-refractivity contribution in [3.8, 4) is 0 Å². The predicted octanol–water partition coefficient (Wildman–Crippen LogP) is 2.79. The van der Waals surface area contributed by atoms with Gasteiger partial charge in [-0.25, -0.2) is 0 Å². The van der Waals surface area contributed by atoms with E-state index in [-0.39, 0.29) is 30.7 Å². The number of carbonyl (C=O) groups is 1. The maximum Gasteiger partial charge on any atom is 0.234 e. The highest BCUT2D eigenvalue weighted by Crippen LogP contribution is 2.23. The lowest BCUT2D eigenvalue weighted by atomic mass is 9.93. The Morgan fingerprint density at radius 2 is 1.71 bits per heavy atom. The highest BCUT2D eigenvalue weighted by molar-refractivity contribution is 5.85. The Morgan fingerprint density at radius 3 is 2.39 bits per heavy atom. The van der Waals surface area contributed by atoms with Gasteiger partial charge in [0.15, 0.2) is 0 Å². The van der Waals surface area contributed by atoms with Crippen LogP contribution in [0.2, 0.25) is 0 Å². The summed E-state index contributed by atoms with van der Waals surface area (Å²) in [4.78, 5) is 17.0. The Hall–Kier alpha value is -1.01. The summed E-state index contributed by atoms with van der Waals surface area (Å²) < 4.78 is 0. The fourth-order valence-electron chi connectivity index (χ4n) is 4.17. The Kier molecular flexibility index (Phi) is 11.8. The van der Waals surface area contributed by atoms with Gasteiger partial charge in [0.2, 0.25) is 5.91 Å². The first-order chi connectivity index (χ1) is 12.7. The minimum absolute atomic E-state index is 0. The second-order valence-corrected chi connectivity index (χ2v) is 7.85. The summed E-state index contributed by atoms with van der Waals surface area (Å²) in [6.07, 6.45) is 4.87. The molecular weight excluding hydrogens is 395 g/mol. The number of piperidine rings is 1. The van der Waals surface area contributed by atoms with Crippen LogP contribution in [0.25, 0.3) is 0 Å². The number of rotatable bonds is 8. The smallest absolute Gasteiger partial charge is 0.234 e. The SMILES string of the molecule is CNCCC1CCN(CC(=O)NCC2CCN(c3ccccc3)C2)CC1.Cl.Cl. The number of nitrogens with zero attached hydrogens (tertiary/aromatic N) is 2. The summed E-state index contributed by atoms with van der Waals surface area (Å²) in [5.41, 5.74) is 1.29. The van der Waals surface area contributed by atoms with Crippen LogP contribution < -0.4 is 15.5 Å². The number of hydrogen-bond acceptors (Lipinski definition) is 4. The summed E-state index contributed by atoms with van der Waals surface area (Å²) >= 11 is 0. The zero-order valence-corrected chi connectivity index (χ0v) is 18.6. The average Bonchev–Trinajstić information content (AvgIpc) is 3.16. The maximum atomic E-state index is 12.3. The number of carbonyl (C=O) groups excluding carboxylic acids is 1. The zero-order valence-electron chi connectivity index (χ0n) is 16.9. The monoisotopic (exact) mass is 430 g/mol. The van der Waals surface area contributed by atoms with E-state index in [1.807, 2.05) is 7.05 Å². The number of para-hydroxylation sites is 1. The van der Waals surface area contributed by atoms with Gasteiger partial charge in [-0.15, -0.1) is 24.8 Å². The van der Waals surface area contributed by atoms with Crippen LogP contribution in [-0.2, 0) is 4.79 Å². The van der Waals surface area contributed by atoms with Crippen LogP contribution in [0.4, 0.5) is 5.69 Å². The lowest BCUT2D eigenvalue weighted by Gasteiger charge is -2.31. The van der Waals surface area contributed by atoms with E-state index in [9.17, 15) is 4.79 Å². The first kappa shape index (κ1) is 25.0. The molecule has 1 aromatic carbocycles. The quantitative estimate of drug-likeness (QED) is 0.665. The third-order valence-corrected chi connectivity index (χ3v) is 5.87. The summed E-state index contributed by atoms with van der Waals surface area (Å²) in [5, 5.41) is 6.41. The highest BCUT2D eigenvalue weighted by Gasteiger charge is 2.24. The minimum atomic E-state index is 0. The van der Waals surface area contributed by atoms with E-state index in [1.54, 1.807) is 0 Å². The third-order valence-electron chi connectivity index (χ3n) is 5.87. The van der Waals surface area contributed by atoms with Crippen molar-refractivity contribution in [2.45, 2.75) is 25.7 Å². The van der Waals surface area contributed by atoms with Gasteiger partial charge in [0.25, 0.3) is 0 Å². The Labute approximate surface area is 182 Å². The number of hydrogen-bond donors (Lipinski definition) is 2. The molecule has 2 heterocycles. The summed E-state index contributed by atoms with van der Waals surface area (Å²) in [5.74, 6) is 1.58. The van der Waals surface area contributed by atoms with Gasteiger partial charge in [-0.1, -0.05) is 18.2 Å². The van der Waals surface area contributed by atoms with E-state index in [0.717, 1.165) is 51.6 Å². The molecule has 1 atom stereocenters. The molecule has 5 nitrogen and oxygen atoms in total. The first-order valence-corrected chi connectivity index (χ1v) is 10.2. The van der Waals surface area contributed by atoms with E-state index in [2.05, 4.69) is 50.8 Å². The van der Waals surface area contributed by atoms with E-state index in [4.69, 9.17) is 0 Å². The Bertz CT molecular complexity index is 553. The van der Waals surface area contributed by atoms with Crippen LogP contribution in [0.3, 0.4) is 0 Å². The van der Waals surface area contributed by atoms with Crippen molar-refractivity contribution >= 4 is 36.4 Å². The van der Waals surface area contributed by atoms with Gasteiger partial charge >= 0.3 is 0 Å². The molecule has 0 saturated carbocycles. The molecule has 2 saturated heterocycles. The normalized spacial score (nSPS) is 20.3. The molecule has 28 heavy (non-hydrogen) atoms. The number of likely N-dealkylation sites (tertiary alicyclic amines) is 1. The van der Waals surface area contributed by atoms with Crippen molar-refractivity contribution in [2.75, 3.05) is 57.8 Å². The molecule has 2 aliphatic heterocycles. The summed E-state index contributed by atoms with van der Waals surface area (Å²) in [6, 6.07) is 10.6. The van der Waals surface area contributed by atoms with Crippen molar-refractivity contribution in [3.05, 3.63) is 30.3 Å². The molecule has 0 spiro atoms. The first-order valence-electron chi connectivity index (χ1n) is 10.2. The van der Waals surface area contributed by atoms with Gasteiger partial charge in [0, 0.05) is 25.3 Å². The van der Waals surface area contributed by atoms with E-state index in [1.165, 1.54) is 24.9 Å². The lowest BCUT2D eigenvalue weighted by Crippen LogP contribution is -2.43. The Morgan fingerprint density at radius 1 is 1.04 bits per heavy atom.